The molecule has 1 unspecified atom stereocenters. The third-order valence-electron chi connectivity index (χ3n) is 3.90. The number of aromatic nitrogens is 2. The summed E-state index contributed by atoms with van der Waals surface area (Å²) in [7, 11) is 1.54. The highest BCUT2D eigenvalue weighted by Crippen LogP contribution is 2.28. The number of hydrogen-bond acceptors (Lipinski definition) is 6. The minimum Gasteiger partial charge on any atom is -0.377 e. The van der Waals surface area contributed by atoms with Gasteiger partial charge in [0.05, 0.1) is 5.92 Å². The number of benzene rings is 1. The van der Waals surface area contributed by atoms with Gasteiger partial charge in [-0.2, -0.15) is 0 Å². The van der Waals surface area contributed by atoms with Crippen LogP contribution in [0.5, 0.6) is 0 Å². The highest BCUT2D eigenvalue weighted by atomic mass is 32.1. The lowest BCUT2D eigenvalue weighted by Gasteiger charge is -2.12. The van der Waals surface area contributed by atoms with Gasteiger partial charge in [0.15, 0.2) is 11.6 Å². The molecule has 1 aromatic carbocycles. The van der Waals surface area contributed by atoms with Crippen molar-refractivity contribution < 1.29 is 23.1 Å². The van der Waals surface area contributed by atoms with Crippen LogP contribution in [0.25, 0.3) is 0 Å². The summed E-state index contributed by atoms with van der Waals surface area (Å²) in [4.78, 5) is 25.9. The van der Waals surface area contributed by atoms with Gasteiger partial charge < -0.3 is 10.1 Å². The van der Waals surface area contributed by atoms with Gasteiger partial charge >= 0.3 is 0 Å². The van der Waals surface area contributed by atoms with Gasteiger partial charge in [0.25, 0.3) is 0 Å². The molecule has 0 saturated carbocycles. The highest BCUT2D eigenvalue weighted by Gasteiger charge is 2.36. The number of nitrogens with one attached hydrogen (secondary N) is 1. The van der Waals surface area contributed by atoms with Crippen molar-refractivity contribution in [3.8, 4) is 0 Å². The van der Waals surface area contributed by atoms with Gasteiger partial charge in [-0.05, 0) is 17.7 Å². The van der Waals surface area contributed by atoms with E-state index in [4.69, 9.17) is 4.74 Å². The van der Waals surface area contributed by atoms with Gasteiger partial charge in [-0.3, -0.25) is 14.5 Å². The molecule has 2 amide bonds. The minimum atomic E-state index is -0.970. The quantitative estimate of drug-likeness (QED) is 0.821. The summed E-state index contributed by atoms with van der Waals surface area (Å²) >= 11 is 1.23. The Morgan fingerprint density at radius 3 is 2.92 bits per heavy atom. The zero-order valence-corrected chi connectivity index (χ0v) is 14.7. The van der Waals surface area contributed by atoms with E-state index in [1.165, 1.54) is 29.4 Å². The maximum absolute atomic E-state index is 13.2. The van der Waals surface area contributed by atoms with Crippen molar-refractivity contribution in [2.24, 2.45) is 5.92 Å². The summed E-state index contributed by atoms with van der Waals surface area (Å²) < 4.78 is 31.1. The highest BCUT2D eigenvalue weighted by molar-refractivity contribution is 7.15. The molecule has 0 aliphatic carbocycles. The van der Waals surface area contributed by atoms with Gasteiger partial charge in [0.2, 0.25) is 16.9 Å². The number of halogens is 2. The average Bonchev–Trinajstić information content (AvgIpc) is 3.22. The van der Waals surface area contributed by atoms with Crippen molar-refractivity contribution in [1.82, 2.24) is 15.5 Å². The topological polar surface area (TPSA) is 84.4 Å². The van der Waals surface area contributed by atoms with Crippen LogP contribution in [-0.2, 0) is 27.5 Å². The monoisotopic (exact) mass is 382 g/mol. The lowest BCUT2D eigenvalue weighted by Crippen LogP contribution is -2.32. The Morgan fingerprint density at radius 1 is 1.38 bits per heavy atom. The van der Waals surface area contributed by atoms with Crippen LogP contribution in [0, 0.1) is 17.6 Å². The number of rotatable bonds is 6. The van der Waals surface area contributed by atoms with Crippen LogP contribution in [0.1, 0.15) is 17.0 Å². The fourth-order valence-electron chi connectivity index (χ4n) is 2.59. The number of methoxy groups -OCH3 is 1. The second kappa shape index (κ2) is 7.83. The summed E-state index contributed by atoms with van der Waals surface area (Å²) in [5.74, 6) is -2.99. The van der Waals surface area contributed by atoms with E-state index >= 15 is 0 Å². The van der Waals surface area contributed by atoms with Gasteiger partial charge in [-0.1, -0.05) is 17.4 Å². The van der Waals surface area contributed by atoms with Gasteiger partial charge in [0.1, 0.15) is 11.6 Å². The van der Waals surface area contributed by atoms with Crippen LogP contribution in [0.4, 0.5) is 13.9 Å². The van der Waals surface area contributed by atoms with Crippen LogP contribution in [0.15, 0.2) is 18.2 Å². The molecule has 0 radical (unpaired) electrons. The molecule has 26 heavy (non-hydrogen) atoms. The van der Waals surface area contributed by atoms with Crippen LogP contribution >= 0.6 is 11.3 Å². The van der Waals surface area contributed by atoms with Crippen LogP contribution in [-0.4, -0.2) is 35.7 Å². The Balaban J connectivity index is 1.58. The minimum absolute atomic E-state index is 0.0531. The van der Waals surface area contributed by atoms with Crippen molar-refractivity contribution in [3.05, 3.63) is 40.4 Å². The number of carbonyl (C=O) groups is 2. The third-order valence-corrected chi connectivity index (χ3v) is 4.82. The molecule has 138 valence electrons. The molecule has 3 rings (SSSR count). The van der Waals surface area contributed by atoms with Crippen LogP contribution in [0.3, 0.4) is 0 Å². The molecule has 1 saturated heterocycles. The Kier molecular flexibility index (Phi) is 5.52. The van der Waals surface area contributed by atoms with E-state index in [9.17, 15) is 18.4 Å². The number of ether oxygens (including phenoxy) is 1. The molecule has 10 heteroatoms. The number of amides is 2. The van der Waals surface area contributed by atoms with Gasteiger partial charge in [-0.15, -0.1) is 10.2 Å². The van der Waals surface area contributed by atoms with Gasteiger partial charge in [-0.25, -0.2) is 8.78 Å². The molecule has 1 atom stereocenters. The second-order valence-corrected chi connectivity index (χ2v) is 6.82. The zero-order valence-electron chi connectivity index (χ0n) is 13.9. The Labute approximate surface area is 152 Å². The van der Waals surface area contributed by atoms with E-state index in [0.29, 0.717) is 22.3 Å². The van der Waals surface area contributed by atoms with Gasteiger partial charge in [0, 0.05) is 26.6 Å². The number of nitrogens with zero attached hydrogens (tertiary/aromatic N) is 3. The first-order chi connectivity index (χ1) is 12.5. The fourth-order valence-corrected chi connectivity index (χ4v) is 3.42. The molecule has 2 aromatic rings. The number of carbonyl (C=O) groups excluding carboxylic acids is 2. The van der Waals surface area contributed by atoms with E-state index in [0.717, 1.165) is 12.1 Å². The smallest absolute Gasteiger partial charge is 0.229 e. The zero-order chi connectivity index (χ0) is 18.7. The van der Waals surface area contributed by atoms with E-state index in [1.54, 1.807) is 0 Å². The first-order valence-corrected chi connectivity index (χ1v) is 8.63. The number of hydrogen-bond donors (Lipinski definition) is 1. The predicted molar refractivity (Wildman–Crippen MR) is 89.3 cm³/mol. The van der Waals surface area contributed by atoms with E-state index in [-0.39, 0.29) is 31.3 Å². The second-order valence-electron chi connectivity index (χ2n) is 5.78. The van der Waals surface area contributed by atoms with Crippen LogP contribution in [0.2, 0.25) is 0 Å². The van der Waals surface area contributed by atoms with Crippen molar-refractivity contribution in [3.63, 3.8) is 0 Å². The lowest BCUT2D eigenvalue weighted by atomic mass is 10.1. The SMILES string of the molecule is COCc1nnc(N2CC(C(=O)NCc3ccc(F)c(F)c3)CC2=O)s1. The molecule has 1 N–H and O–H groups in total. The summed E-state index contributed by atoms with van der Waals surface area (Å²) in [6.45, 7) is 0.555. The summed E-state index contributed by atoms with van der Waals surface area (Å²) in [6, 6.07) is 3.42. The maximum Gasteiger partial charge on any atom is 0.229 e. The van der Waals surface area contributed by atoms with E-state index in [1.807, 2.05) is 0 Å². The Bertz CT molecular complexity index is 830. The molecule has 0 spiro atoms. The Hall–Kier alpha value is -2.46. The largest absolute Gasteiger partial charge is 0.377 e. The summed E-state index contributed by atoms with van der Waals surface area (Å²) in [6.07, 6.45) is 0.0583. The molecule has 7 nitrogen and oxygen atoms in total. The molecule has 1 aliphatic rings. The lowest BCUT2D eigenvalue weighted by molar-refractivity contribution is -0.126. The molecule has 1 aromatic heterocycles. The van der Waals surface area contributed by atoms with Crippen LogP contribution < -0.4 is 10.2 Å². The predicted octanol–water partition coefficient (Wildman–Crippen LogP) is 1.63. The summed E-state index contributed by atoms with van der Waals surface area (Å²) in [5.41, 5.74) is 0.437. The average molecular weight is 382 g/mol. The van der Waals surface area contributed by atoms with Crippen molar-refractivity contribution in [1.29, 1.82) is 0 Å². The molecule has 0 bridgehead atoms. The third kappa shape index (κ3) is 4.02. The van der Waals surface area contributed by atoms with Crippen molar-refractivity contribution in [2.75, 3.05) is 18.6 Å². The maximum atomic E-state index is 13.2. The molecular formula is C16H16F2N4O3S. The molecule has 1 aliphatic heterocycles. The molecule has 2 heterocycles. The fraction of sp³-hybridized carbons (Fsp3) is 0.375. The normalized spacial score (nSPS) is 17.0. The molecular weight excluding hydrogens is 366 g/mol. The molecule has 1 fully saturated rings. The van der Waals surface area contributed by atoms with E-state index < -0.39 is 17.6 Å². The first-order valence-electron chi connectivity index (χ1n) is 7.81. The van der Waals surface area contributed by atoms with E-state index in [2.05, 4.69) is 15.5 Å². The number of anilines is 1. The first kappa shape index (κ1) is 18.3. The van der Waals surface area contributed by atoms with Crippen molar-refractivity contribution >= 4 is 28.3 Å². The standard InChI is InChI=1S/C16H16F2N4O3S/c1-25-8-13-20-21-16(26-13)22-7-10(5-14(22)23)15(24)19-6-9-2-3-11(17)12(18)4-9/h2-4,10H,5-8H2,1H3,(H,19,24). The van der Waals surface area contributed by atoms with Crippen molar-refractivity contribution in [2.45, 2.75) is 19.6 Å². The Morgan fingerprint density at radius 2 is 2.19 bits per heavy atom. The summed E-state index contributed by atoms with van der Waals surface area (Å²) in [5, 5.41) is 11.6.